The van der Waals surface area contributed by atoms with Gasteiger partial charge in [0.15, 0.2) is 6.10 Å². The molecule has 0 aliphatic carbocycles. The summed E-state index contributed by atoms with van der Waals surface area (Å²) in [5, 5.41) is 2.89. The number of nitrogens with one attached hydrogen (secondary N) is 1. The van der Waals surface area contributed by atoms with Gasteiger partial charge < -0.3 is 15.0 Å². The van der Waals surface area contributed by atoms with Crippen LogP contribution in [0.2, 0.25) is 0 Å². The van der Waals surface area contributed by atoms with Crippen molar-refractivity contribution in [2.24, 2.45) is 0 Å². The van der Waals surface area contributed by atoms with Crippen molar-refractivity contribution in [2.45, 2.75) is 26.0 Å². The molecule has 0 spiro atoms. The van der Waals surface area contributed by atoms with Crippen LogP contribution in [0.25, 0.3) is 0 Å². The number of halogens is 1. The van der Waals surface area contributed by atoms with E-state index in [1.165, 1.54) is 17.0 Å². The van der Waals surface area contributed by atoms with Gasteiger partial charge in [-0.05, 0) is 49.7 Å². The molecular weight excluding hydrogens is 395 g/mol. The summed E-state index contributed by atoms with van der Waals surface area (Å²) >= 11 is 0. The molecule has 0 fully saturated rings. The number of aryl methyl sites for hydroxylation is 1. The number of anilines is 1. The molecule has 1 aliphatic rings. The van der Waals surface area contributed by atoms with E-state index in [1.807, 2.05) is 43.3 Å². The van der Waals surface area contributed by atoms with Gasteiger partial charge in [0.1, 0.15) is 18.1 Å². The number of nitrogens with zero attached hydrogens (tertiary/aromatic N) is 1. The lowest BCUT2D eigenvalue weighted by Crippen LogP contribution is -2.45. The Hall–Kier alpha value is -3.67. The Morgan fingerprint density at radius 2 is 1.81 bits per heavy atom. The predicted octanol–water partition coefficient (Wildman–Crippen LogP) is 4.47. The standard InChI is InChI=1S/C25H23FN2O3/c1-16-8-13-22-21(14-16)24(18-9-11-19(26)12-10-18)28(15-23(29)27-22)25(30)17(2)31-20-6-4-3-5-7-20/h3-14,17,24H,15H2,1-2H3,(H,27,29)/t17-,24+/m1/s1. The molecule has 1 heterocycles. The fourth-order valence-electron chi connectivity index (χ4n) is 3.82. The summed E-state index contributed by atoms with van der Waals surface area (Å²) in [6, 6.07) is 20.2. The average Bonchev–Trinajstić information content (AvgIpc) is 2.90. The molecular formula is C25H23FN2O3. The molecule has 6 heteroatoms. The second kappa shape index (κ2) is 8.60. The largest absolute Gasteiger partial charge is 0.481 e. The van der Waals surface area contributed by atoms with Crippen LogP contribution < -0.4 is 10.1 Å². The average molecular weight is 418 g/mol. The zero-order valence-electron chi connectivity index (χ0n) is 17.3. The van der Waals surface area contributed by atoms with Crippen molar-refractivity contribution in [2.75, 3.05) is 11.9 Å². The number of hydrogen-bond donors (Lipinski definition) is 1. The zero-order chi connectivity index (χ0) is 22.0. The van der Waals surface area contributed by atoms with Crippen molar-refractivity contribution in [3.63, 3.8) is 0 Å². The van der Waals surface area contributed by atoms with Crippen LogP contribution in [0.1, 0.15) is 29.7 Å². The van der Waals surface area contributed by atoms with Crippen molar-refractivity contribution in [1.82, 2.24) is 4.90 Å². The SMILES string of the molecule is Cc1ccc2c(c1)[C@H](c1ccc(F)cc1)N(C(=O)[C@@H](C)Oc1ccccc1)CC(=O)N2. The first-order chi connectivity index (χ1) is 14.9. The highest BCUT2D eigenvalue weighted by atomic mass is 19.1. The van der Waals surface area contributed by atoms with Gasteiger partial charge in [0.05, 0.1) is 6.04 Å². The minimum Gasteiger partial charge on any atom is -0.481 e. The summed E-state index contributed by atoms with van der Waals surface area (Å²) in [6.45, 7) is 3.47. The molecule has 0 aromatic heterocycles. The third-order valence-corrected chi connectivity index (χ3v) is 5.27. The fraction of sp³-hybridized carbons (Fsp3) is 0.200. The minimum absolute atomic E-state index is 0.142. The third-order valence-electron chi connectivity index (χ3n) is 5.27. The van der Waals surface area contributed by atoms with Crippen LogP contribution in [0, 0.1) is 12.7 Å². The summed E-state index contributed by atoms with van der Waals surface area (Å²) in [6.07, 6.45) is -0.815. The number of fused-ring (bicyclic) bond motifs is 1. The molecule has 31 heavy (non-hydrogen) atoms. The number of amides is 2. The lowest BCUT2D eigenvalue weighted by Gasteiger charge is -2.32. The normalized spacial score (nSPS) is 16.7. The van der Waals surface area contributed by atoms with Crippen LogP contribution in [0.15, 0.2) is 72.8 Å². The second-order valence-electron chi connectivity index (χ2n) is 7.63. The number of rotatable bonds is 4. The van der Waals surface area contributed by atoms with Gasteiger partial charge in [0, 0.05) is 11.3 Å². The number of benzene rings is 3. The molecule has 1 N–H and O–H groups in total. The number of para-hydroxylation sites is 1. The number of carbonyl (C=O) groups excluding carboxylic acids is 2. The highest BCUT2D eigenvalue weighted by molar-refractivity contribution is 5.97. The molecule has 0 saturated heterocycles. The summed E-state index contributed by atoms with van der Waals surface area (Å²) in [5.41, 5.74) is 3.11. The molecule has 2 amide bonds. The van der Waals surface area contributed by atoms with E-state index in [9.17, 15) is 14.0 Å². The van der Waals surface area contributed by atoms with Crippen LogP contribution in [-0.2, 0) is 9.59 Å². The summed E-state index contributed by atoms with van der Waals surface area (Å²) < 4.78 is 19.5. The highest BCUT2D eigenvalue weighted by Crippen LogP contribution is 2.37. The second-order valence-corrected chi connectivity index (χ2v) is 7.63. The number of carbonyl (C=O) groups is 2. The van der Waals surface area contributed by atoms with Crippen LogP contribution in [0.5, 0.6) is 5.75 Å². The van der Waals surface area contributed by atoms with Crippen molar-refractivity contribution >= 4 is 17.5 Å². The topological polar surface area (TPSA) is 58.6 Å². The maximum absolute atomic E-state index is 13.6. The lowest BCUT2D eigenvalue weighted by atomic mass is 9.94. The minimum atomic E-state index is -0.815. The van der Waals surface area contributed by atoms with Gasteiger partial charge in [-0.15, -0.1) is 0 Å². The Balaban J connectivity index is 1.76. The van der Waals surface area contributed by atoms with Crippen LogP contribution >= 0.6 is 0 Å². The van der Waals surface area contributed by atoms with E-state index in [1.54, 1.807) is 31.2 Å². The van der Waals surface area contributed by atoms with Gasteiger partial charge in [0.2, 0.25) is 5.91 Å². The van der Waals surface area contributed by atoms with Crippen LogP contribution in [-0.4, -0.2) is 29.4 Å². The summed E-state index contributed by atoms with van der Waals surface area (Å²) in [7, 11) is 0. The van der Waals surface area contributed by atoms with Crippen molar-refractivity contribution < 1.29 is 18.7 Å². The van der Waals surface area contributed by atoms with Crippen LogP contribution in [0.3, 0.4) is 0 Å². The molecule has 0 radical (unpaired) electrons. The van der Waals surface area contributed by atoms with Crippen molar-refractivity contribution in [3.05, 3.63) is 95.3 Å². The quantitative estimate of drug-likeness (QED) is 0.680. The van der Waals surface area contributed by atoms with Gasteiger partial charge in [-0.3, -0.25) is 9.59 Å². The van der Waals surface area contributed by atoms with Gasteiger partial charge in [-0.25, -0.2) is 4.39 Å². The Labute approximate surface area is 180 Å². The molecule has 0 saturated carbocycles. The van der Waals surface area contributed by atoms with Crippen molar-refractivity contribution in [1.29, 1.82) is 0 Å². The maximum Gasteiger partial charge on any atom is 0.264 e. The van der Waals surface area contributed by atoms with Gasteiger partial charge in [0.25, 0.3) is 5.91 Å². The highest BCUT2D eigenvalue weighted by Gasteiger charge is 2.36. The van der Waals surface area contributed by atoms with E-state index < -0.39 is 12.1 Å². The van der Waals surface area contributed by atoms with E-state index in [0.717, 1.165) is 11.1 Å². The molecule has 3 aromatic carbocycles. The van der Waals surface area contributed by atoms with E-state index in [2.05, 4.69) is 5.32 Å². The summed E-state index contributed by atoms with van der Waals surface area (Å²) in [4.78, 5) is 27.6. The molecule has 0 bridgehead atoms. The Morgan fingerprint density at radius 3 is 2.52 bits per heavy atom. The van der Waals surface area contributed by atoms with Gasteiger partial charge in [-0.1, -0.05) is 48.0 Å². The monoisotopic (exact) mass is 418 g/mol. The smallest absolute Gasteiger partial charge is 0.264 e. The molecule has 0 unspecified atom stereocenters. The molecule has 5 nitrogen and oxygen atoms in total. The van der Waals surface area contributed by atoms with E-state index in [4.69, 9.17) is 4.74 Å². The molecule has 158 valence electrons. The van der Waals surface area contributed by atoms with E-state index in [-0.39, 0.29) is 24.2 Å². The first-order valence-corrected chi connectivity index (χ1v) is 10.1. The molecule has 2 atom stereocenters. The molecule has 3 aromatic rings. The third kappa shape index (κ3) is 4.43. The van der Waals surface area contributed by atoms with Crippen molar-refractivity contribution in [3.8, 4) is 5.75 Å². The predicted molar refractivity (Wildman–Crippen MR) is 116 cm³/mol. The first kappa shape index (κ1) is 20.6. The Kier molecular flexibility index (Phi) is 5.71. The zero-order valence-corrected chi connectivity index (χ0v) is 17.3. The number of hydrogen-bond acceptors (Lipinski definition) is 3. The van der Waals surface area contributed by atoms with E-state index >= 15 is 0 Å². The van der Waals surface area contributed by atoms with Crippen LogP contribution in [0.4, 0.5) is 10.1 Å². The first-order valence-electron chi connectivity index (χ1n) is 10.1. The van der Waals surface area contributed by atoms with E-state index in [0.29, 0.717) is 17.0 Å². The Morgan fingerprint density at radius 1 is 1.10 bits per heavy atom. The van der Waals surface area contributed by atoms with Gasteiger partial charge in [-0.2, -0.15) is 0 Å². The molecule has 1 aliphatic heterocycles. The number of ether oxygens (including phenoxy) is 1. The molecule has 4 rings (SSSR count). The fourth-order valence-corrected chi connectivity index (χ4v) is 3.82. The summed E-state index contributed by atoms with van der Waals surface area (Å²) in [5.74, 6) is -0.426. The maximum atomic E-state index is 13.6. The Bertz CT molecular complexity index is 1100. The van der Waals surface area contributed by atoms with Gasteiger partial charge >= 0.3 is 0 Å². The lowest BCUT2D eigenvalue weighted by molar-refractivity contribution is -0.142.